The molecule has 1 saturated heterocycles. The number of hydrogen-bond donors (Lipinski definition) is 1. The van der Waals surface area contributed by atoms with Crippen molar-refractivity contribution in [2.45, 2.75) is 31.8 Å². The van der Waals surface area contributed by atoms with E-state index in [0.717, 1.165) is 54.0 Å². The molecule has 1 unspecified atom stereocenters. The summed E-state index contributed by atoms with van der Waals surface area (Å²) in [6.45, 7) is 3.50. The maximum absolute atomic E-state index is 5.54. The Balaban J connectivity index is 1.77. The van der Waals surface area contributed by atoms with Crippen LogP contribution in [0.5, 0.6) is 11.5 Å². The molecule has 0 radical (unpaired) electrons. The molecule has 7 heteroatoms. The number of nitrogens with one attached hydrogen (secondary N) is 1. The van der Waals surface area contributed by atoms with Crippen molar-refractivity contribution in [1.29, 1.82) is 0 Å². The smallest absolute Gasteiger partial charge is 0.144 e. The fourth-order valence-corrected chi connectivity index (χ4v) is 3.69. The van der Waals surface area contributed by atoms with Gasteiger partial charge in [-0.1, -0.05) is 6.07 Å². The lowest BCUT2D eigenvalue weighted by molar-refractivity contribution is 0.301. The lowest BCUT2D eigenvalue weighted by atomic mass is 9.96. The number of methoxy groups -OCH3 is 2. The Bertz CT molecular complexity index is 806. The molecule has 1 aliphatic rings. The third-order valence-electron chi connectivity index (χ3n) is 5.30. The highest BCUT2D eigenvalue weighted by molar-refractivity contribution is 5.41. The van der Waals surface area contributed by atoms with Crippen LogP contribution in [-0.4, -0.2) is 63.3 Å². The first-order chi connectivity index (χ1) is 14.0. The molecule has 29 heavy (non-hydrogen) atoms. The third kappa shape index (κ3) is 5.58. The van der Waals surface area contributed by atoms with Crippen LogP contribution in [0, 0.1) is 0 Å². The summed E-state index contributed by atoms with van der Waals surface area (Å²) in [6, 6.07) is 8.06. The van der Waals surface area contributed by atoms with Crippen LogP contribution < -0.4 is 19.7 Å². The van der Waals surface area contributed by atoms with Crippen LogP contribution in [0.15, 0.2) is 24.3 Å². The molecule has 3 rings (SSSR count). The van der Waals surface area contributed by atoms with Gasteiger partial charge in [0.1, 0.15) is 23.1 Å². The summed E-state index contributed by atoms with van der Waals surface area (Å²) >= 11 is 0. The molecular weight excluding hydrogens is 366 g/mol. The van der Waals surface area contributed by atoms with E-state index in [9.17, 15) is 0 Å². The van der Waals surface area contributed by atoms with Crippen molar-refractivity contribution >= 4 is 5.82 Å². The molecular formula is C22H33N5O2. The number of anilines is 1. The lowest BCUT2D eigenvalue weighted by Crippen LogP contribution is -2.29. The first-order valence-electron chi connectivity index (χ1n) is 10.2. The maximum Gasteiger partial charge on any atom is 0.144 e. The normalized spacial score (nSPS) is 16.7. The Morgan fingerprint density at radius 3 is 2.55 bits per heavy atom. The third-order valence-corrected chi connectivity index (χ3v) is 5.30. The number of benzene rings is 1. The standard InChI is InChI=1S/C22H33N5O2/c1-26(2)22-12-19(16-7-6-10-23-13-16)24-21(25-22)15-27(3)14-17-8-9-18(28-4)11-20(17)29-5/h8-9,11-12,16,23H,6-7,10,13-15H2,1-5H3. The molecule has 1 N–H and O–H groups in total. The van der Waals surface area contributed by atoms with E-state index in [-0.39, 0.29) is 0 Å². The second-order valence-electron chi connectivity index (χ2n) is 7.86. The Kier molecular flexibility index (Phi) is 7.28. The summed E-state index contributed by atoms with van der Waals surface area (Å²) < 4.78 is 10.8. The van der Waals surface area contributed by atoms with Crippen molar-refractivity contribution in [3.05, 3.63) is 41.3 Å². The molecule has 0 saturated carbocycles. The molecule has 1 aliphatic heterocycles. The highest BCUT2D eigenvalue weighted by Crippen LogP contribution is 2.27. The molecule has 1 atom stereocenters. The highest BCUT2D eigenvalue weighted by Gasteiger charge is 2.19. The van der Waals surface area contributed by atoms with Gasteiger partial charge in [-0.15, -0.1) is 0 Å². The van der Waals surface area contributed by atoms with Gasteiger partial charge in [0.25, 0.3) is 0 Å². The zero-order valence-electron chi connectivity index (χ0n) is 18.2. The fourth-order valence-electron chi connectivity index (χ4n) is 3.69. The Morgan fingerprint density at radius 2 is 1.90 bits per heavy atom. The van der Waals surface area contributed by atoms with E-state index in [1.807, 2.05) is 32.3 Å². The van der Waals surface area contributed by atoms with Crippen LogP contribution in [0.4, 0.5) is 5.82 Å². The van der Waals surface area contributed by atoms with Crippen LogP contribution >= 0.6 is 0 Å². The summed E-state index contributed by atoms with van der Waals surface area (Å²) in [5.74, 6) is 3.89. The summed E-state index contributed by atoms with van der Waals surface area (Å²) in [7, 11) is 9.49. The van der Waals surface area contributed by atoms with Gasteiger partial charge in [-0.2, -0.15) is 0 Å². The average molecular weight is 400 g/mol. The SMILES string of the molecule is COc1ccc(CN(C)Cc2nc(C3CCCNC3)cc(N(C)C)n2)c(OC)c1. The van der Waals surface area contributed by atoms with Gasteiger partial charge in [-0.25, -0.2) is 9.97 Å². The molecule has 7 nitrogen and oxygen atoms in total. The van der Waals surface area contributed by atoms with Gasteiger partial charge in [0.05, 0.1) is 26.5 Å². The number of ether oxygens (including phenoxy) is 2. The number of hydrogen-bond acceptors (Lipinski definition) is 7. The van der Waals surface area contributed by atoms with Crippen LogP contribution in [-0.2, 0) is 13.1 Å². The first-order valence-corrected chi connectivity index (χ1v) is 10.2. The number of rotatable bonds is 8. The molecule has 0 spiro atoms. The van der Waals surface area contributed by atoms with Crippen molar-refractivity contribution in [2.75, 3.05) is 53.4 Å². The fraction of sp³-hybridized carbons (Fsp3) is 0.545. The second kappa shape index (κ2) is 9.89. The van der Waals surface area contributed by atoms with Crippen molar-refractivity contribution in [3.63, 3.8) is 0 Å². The number of nitrogens with zero attached hydrogens (tertiary/aromatic N) is 4. The Morgan fingerprint density at radius 1 is 1.07 bits per heavy atom. The van der Waals surface area contributed by atoms with Crippen molar-refractivity contribution < 1.29 is 9.47 Å². The number of piperidine rings is 1. The molecule has 0 amide bonds. The Labute approximate surface area is 174 Å². The first kappa shape index (κ1) is 21.3. The molecule has 158 valence electrons. The van der Waals surface area contributed by atoms with E-state index in [4.69, 9.17) is 19.4 Å². The van der Waals surface area contributed by atoms with Gasteiger partial charge in [0, 0.05) is 50.8 Å². The van der Waals surface area contributed by atoms with E-state index < -0.39 is 0 Å². The van der Waals surface area contributed by atoms with Gasteiger partial charge >= 0.3 is 0 Å². The molecule has 1 aromatic heterocycles. The molecule has 0 aliphatic carbocycles. The second-order valence-corrected chi connectivity index (χ2v) is 7.86. The zero-order chi connectivity index (χ0) is 20.8. The van der Waals surface area contributed by atoms with E-state index >= 15 is 0 Å². The van der Waals surface area contributed by atoms with Crippen molar-refractivity contribution in [1.82, 2.24) is 20.2 Å². The predicted octanol–water partition coefficient (Wildman–Crippen LogP) is 2.66. The average Bonchev–Trinajstić information content (AvgIpc) is 2.74. The summed E-state index contributed by atoms with van der Waals surface area (Å²) in [5, 5.41) is 3.49. The van der Waals surface area contributed by atoms with Crippen molar-refractivity contribution in [2.24, 2.45) is 0 Å². The van der Waals surface area contributed by atoms with Crippen LogP contribution in [0.1, 0.15) is 35.8 Å². The summed E-state index contributed by atoms with van der Waals surface area (Å²) in [6.07, 6.45) is 2.37. The largest absolute Gasteiger partial charge is 0.497 e. The number of aromatic nitrogens is 2. The van der Waals surface area contributed by atoms with Gasteiger partial charge in [-0.3, -0.25) is 4.90 Å². The molecule has 2 heterocycles. The van der Waals surface area contributed by atoms with E-state index in [0.29, 0.717) is 12.5 Å². The minimum atomic E-state index is 0.455. The Hall–Kier alpha value is -2.38. The van der Waals surface area contributed by atoms with Crippen molar-refractivity contribution in [3.8, 4) is 11.5 Å². The van der Waals surface area contributed by atoms with Gasteiger partial charge in [0.15, 0.2) is 0 Å². The molecule has 1 fully saturated rings. The molecule has 1 aromatic carbocycles. The monoisotopic (exact) mass is 399 g/mol. The zero-order valence-corrected chi connectivity index (χ0v) is 18.2. The summed E-state index contributed by atoms with van der Waals surface area (Å²) in [5.41, 5.74) is 2.25. The molecule has 0 bridgehead atoms. The summed E-state index contributed by atoms with van der Waals surface area (Å²) in [4.78, 5) is 14.0. The predicted molar refractivity (Wildman–Crippen MR) is 116 cm³/mol. The lowest BCUT2D eigenvalue weighted by Gasteiger charge is -2.25. The minimum absolute atomic E-state index is 0.455. The van der Waals surface area contributed by atoms with Crippen LogP contribution in [0.25, 0.3) is 0 Å². The minimum Gasteiger partial charge on any atom is -0.497 e. The highest BCUT2D eigenvalue weighted by atomic mass is 16.5. The topological polar surface area (TPSA) is 62.8 Å². The van der Waals surface area contributed by atoms with Gasteiger partial charge in [-0.05, 0) is 32.5 Å². The van der Waals surface area contributed by atoms with Crippen LogP contribution in [0.2, 0.25) is 0 Å². The quantitative estimate of drug-likeness (QED) is 0.732. The van der Waals surface area contributed by atoms with E-state index in [1.54, 1.807) is 14.2 Å². The van der Waals surface area contributed by atoms with Gasteiger partial charge in [0.2, 0.25) is 0 Å². The van der Waals surface area contributed by atoms with E-state index in [1.165, 1.54) is 12.8 Å². The van der Waals surface area contributed by atoms with Crippen LogP contribution in [0.3, 0.4) is 0 Å². The maximum atomic E-state index is 5.54. The molecule has 2 aromatic rings. The van der Waals surface area contributed by atoms with E-state index in [2.05, 4.69) is 28.2 Å². The van der Waals surface area contributed by atoms with Gasteiger partial charge < -0.3 is 19.7 Å².